The third-order valence-electron chi connectivity index (χ3n) is 4.04. The summed E-state index contributed by atoms with van der Waals surface area (Å²) >= 11 is 3.35. The zero-order valence-corrected chi connectivity index (χ0v) is 16.0. The molecule has 1 N–H and O–H groups in total. The minimum atomic E-state index is -0.574. The second-order valence-corrected chi connectivity index (χ2v) is 6.95. The van der Waals surface area contributed by atoms with Crippen LogP contribution in [0.2, 0.25) is 0 Å². The van der Waals surface area contributed by atoms with E-state index in [4.69, 9.17) is 0 Å². The Bertz CT molecular complexity index is 1050. The van der Waals surface area contributed by atoms with Gasteiger partial charge in [0.2, 0.25) is 0 Å². The van der Waals surface area contributed by atoms with Crippen LogP contribution in [0, 0.1) is 12.8 Å². The number of halogens is 1. The number of benzene rings is 1. The normalized spacial score (nSPS) is 18.3. The van der Waals surface area contributed by atoms with E-state index in [0.29, 0.717) is 22.9 Å². The number of amides is 2. The Hall–Kier alpha value is -3.14. The molecule has 0 spiro atoms. The number of carbonyl (C=O) groups is 2. The van der Waals surface area contributed by atoms with Crippen LogP contribution >= 0.6 is 15.9 Å². The van der Waals surface area contributed by atoms with Crippen LogP contribution in [0.3, 0.4) is 0 Å². The van der Waals surface area contributed by atoms with Gasteiger partial charge in [0.15, 0.2) is 0 Å². The van der Waals surface area contributed by atoms with Crippen molar-refractivity contribution in [1.29, 1.82) is 0 Å². The van der Waals surface area contributed by atoms with Crippen molar-refractivity contribution in [1.82, 2.24) is 14.8 Å². The molecule has 10 heteroatoms. The number of nitrogens with one attached hydrogen (secondary N) is 1. The van der Waals surface area contributed by atoms with Crippen molar-refractivity contribution in [2.24, 2.45) is 21.0 Å². The highest BCUT2D eigenvalue weighted by Gasteiger charge is 2.35. The molecule has 1 atom stereocenters. The number of hydrogen-bond acceptors (Lipinski definition) is 6. The number of aliphatic imine (C=N–C) groups is 2. The van der Waals surface area contributed by atoms with Crippen LogP contribution < -0.4 is 5.32 Å². The molecule has 0 radical (unpaired) electrons. The highest BCUT2D eigenvalue weighted by Crippen LogP contribution is 2.20. The van der Waals surface area contributed by atoms with Crippen LogP contribution in [-0.4, -0.2) is 51.7 Å². The maximum atomic E-state index is 12.6. The zero-order chi connectivity index (χ0) is 19.1. The summed E-state index contributed by atoms with van der Waals surface area (Å²) in [6, 6.07) is 8.70. The highest BCUT2D eigenvalue weighted by atomic mass is 79.9. The van der Waals surface area contributed by atoms with Gasteiger partial charge in [0.1, 0.15) is 17.6 Å². The second kappa shape index (κ2) is 6.54. The lowest BCUT2D eigenvalue weighted by molar-refractivity contribution is -0.118. The van der Waals surface area contributed by atoms with Crippen LogP contribution in [0.4, 0.5) is 5.82 Å². The SMILES string of the molecule is Cc1cc(NC(=O)c2cccc(Br)c2)n(C2=NC(=O)C3C=NN(C)C3=N2)n1. The molecule has 136 valence electrons. The first kappa shape index (κ1) is 17.3. The molecule has 2 amide bonds. The monoisotopic (exact) mass is 427 g/mol. The molecule has 1 aromatic carbocycles. The number of carbonyl (C=O) groups excluding carboxylic acids is 2. The number of rotatable bonds is 2. The minimum Gasteiger partial charge on any atom is -0.306 e. The first-order valence-corrected chi connectivity index (χ1v) is 8.84. The molecule has 0 fully saturated rings. The summed E-state index contributed by atoms with van der Waals surface area (Å²) < 4.78 is 2.14. The van der Waals surface area contributed by atoms with Gasteiger partial charge in [-0.05, 0) is 25.1 Å². The summed E-state index contributed by atoms with van der Waals surface area (Å²) in [7, 11) is 1.70. The number of nitrogens with zero attached hydrogens (tertiary/aromatic N) is 6. The lowest BCUT2D eigenvalue weighted by atomic mass is 10.1. The van der Waals surface area contributed by atoms with Crippen molar-refractivity contribution in [3.63, 3.8) is 0 Å². The van der Waals surface area contributed by atoms with E-state index in [1.54, 1.807) is 38.2 Å². The van der Waals surface area contributed by atoms with Crippen LogP contribution in [0.25, 0.3) is 0 Å². The van der Waals surface area contributed by atoms with E-state index >= 15 is 0 Å². The summed E-state index contributed by atoms with van der Waals surface area (Å²) in [4.78, 5) is 33.3. The smallest absolute Gasteiger partial charge is 0.265 e. The Morgan fingerprint density at radius 2 is 2.07 bits per heavy atom. The number of aromatic nitrogens is 2. The molecule has 0 bridgehead atoms. The van der Waals surface area contributed by atoms with Gasteiger partial charge in [0, 0.05) is 29.4 Å². The van der Waals surface area contributed by atoms with Gasteiger partial charge in [-0.2, -0.15) is 24.9 Å². The zero-order valence-electron chi connectivity index (χ0n) is 14.4. The highest BCUT2D eigenvalue weighted by molar-refractivity contribution is 9.10. The van der Waals surface area contributed by atoms with E-state index in [9.17, 15) is 9.59 Å². The molecule has 1 aromatic heterocycles. The number of hydrogen-bond donors (Lipinski definition) is 1. The van der Waals surface area contributed by atoms with Crippen molar-refractivity contribution >= 4 is 51.6 Å². The molecule has 4 rings (SSSR count). The molecule has 0 aliphatic carbocycles. The summed E-state index contributed by atoms with van der Waals surface area (Å²) in [5, 5.41) is 12.7. The Balaban J connectivity index is 1.67. The number of aryl methyl sites for hydroxylation is 1. The van der Waals surface area contributed by atoms with Gasteiger partial charge in [-0.3, -0.25) is 14.6 Å². The van der Waals surface area contributed by atoms with Gasteiger partial charge in [-0.1, -0.05) is 22.0 Å². The third kappa shape index (κ3) is 3.19. The minimum absolute atomic E-state index is 0.0845. The molecular formula is C17H14BrN7O2. The molecule has 3 heterocycles. The van der Waals surface area contributed by atoms with E-state index in [-0.39, 0.29) is 17.8 Å². The summed E-state index contributed by atoms with van der Waals surface area (Å²) in [5.41, 5.74) is 1.12. The van der Waals surface area contributed by atoms with Crippen molar-refractivity contribution in [2.75, 3.05) is 12.4 Å². The van der Waals surface area contributed by atoms with Crippen LogP contribution in [0.5, 0.6) is 0 Å². The standard InChI is InChI=1S/C17H14BrN7O2/c1-9-6-13(20-15(26)10-4-3-5-11(18)7-10)25(23-9)17-21-14-12(16(27)22-17)8-19-24(14)2/h3-8,12H,1-2H3,(H,20,26). The lowest BCUT2D eigenvalue weighted by Crippen LogP contribution is -2.35. The topological polar surface area (TPSA) is 104 Å². The molecule has 2 aromatic rings. The van der Waals surface area contributed by atoms with Crippen LogP contribution in [0.15, 0.2) is 49.9 Å². The summed E-state index contributed by atoms with van der Waals surface area (Å²) in [6.07, 6.45) is 1.51. The van der Waals surface area contributed by atoms with E-state index in [1.807, 2.05) is 6.07 Å². The first-order chi connectivity index (χ1) is 12.9. The van der Waals surface area contributed by atoms with Crippen LogP contribution in [0.1, 0.15) is 16.1 Å². The summed E-state index contributed by atoms with van der Waals surface area (Å²) in [6.45, 7) is 1.78. The van der Waals surface area contributed by atoms with Crippen LogP contribution in [-0.2, 0) is 4.79 Å². The van der Waals surface area contributed by atoms with Crippen molar-refractivity contribution in [2.45, 2.75) is 6.92 Å². The Labute approximate surface area is 162 Å². The van der Waals surface area contributed by atoms with Crippen molar-refractivity contribution < 1.29 is 9.59 Å². The van der Waals surface area contributed by atoms with Crippen molar-refractivity contribution in [3.05, 3.63) is 46.1 Å². The Kier molecular flexibility index (Phi) is 4.19. The average molecular weight is 428 g/mol. The third-order valence-corrected chi connectivity index (χ3v) is 4.53. The maximum absolute atomic E-state index is 12.6. The number of hydrazone groups is 1. The predicted molar refractivity (Wildman–Crippen MR) is 104 cm³/mol. The van der Waals surface area contributed by atoms with E-state index in [1.165, 1.54) is 15.9 Å². The molecule has 2 aliphatic heterocycles. The molecule has 27 heavy (non-hydrogen) atoms. The summed E-state index contributed by atoms with van der Waals surface area (Å²) in [5.74, 6) is -0.334. The first-order valence-electron chi connectivity index (χ1n) is 8.05. The van der Waals surface area contributed by atoms with Gasteiger partial charge in [-0.25, -0.2) is 0 Å². The second-order valence-electron chi connectivity index (χ2n) is 6.03. The molecule has 0 saturated heterocycles. The number of anilines is 1. The van der Waals surface area contributed by atoms with Gasteiger partial charge in [-0.15, -0.1) is 0 Å². The van der Waals surface area contributed by atoms with Gasteiger partial charge in [0.05, 0.1) is 5.69 Å². The molecule has 9 nitrogen and oxygen atoms in total. The fourth-order valence-corrected chi connectivity index (χ4v) is 3.16. The largest absolute Gasteiger partial charge is 0.306 e. The molecule has 2 aliphatic rings. The van der Waals surface area contributed by atoms with Gasteiger partial charge >= 0.3 is 0 Å². The molecular weight excluding hydrogens is 414 g/mol. The number of fused-ring (bicyclic) bond motifs is 1. The lowest BCUT2D eigenvalue weighted by Gasteiger charge is -2.17. The van der Waals surface area contributed by atoms with Gasteiger partial charge < -0.3 is 5.32 Å². The average Bonchev–Trinajstić information content (AvgIpc) is 3.18. The van der Waals surface area contributed by atoms with Crippen molar-refractivity contribution in [3.8, 4) is 0 Å². The Morgan fingerprint density at radius 1 is 1.26 bits per heavy atom. The molecule has 0 saturated carbocycles. The Morgan fingerprint density at radius 3 is 2.85 bits per heavy atom. The van der Waals surface area contributed by atoms with Gasteiger partial charge in [0.25, 0.3) is 17.8 Å². The number of amidine groups is 1. The quantitative estimate of drug-likeness (QED) is 0.789. The van der Waals surface area contributed by atoms with E-state index in [2.05, 4.69) is 41.4 Å². The predicted octanol–water partition coefficient (Wildman–Crippen LogP) is 1.90. The fraction of sp³-hybridized carbons (Fsp3) is 0.176. The van der Waals surface area contributed by atoms with E-state index in [0.717, 1.165) is 4.47 Å². The van der Waals surface area contributed by atoms with E-state index < -0.39 is 5.92 Å². The maximum Gasteiger partial charge on any atom is 0.265 e. The molecule has 1 unspecified atom stereocenters. The fourth-order valence-electron chi connectivity index (χ4n) is 2.76.